The molecule has 0 aliphatic heterocycles. The van der Waals surface area contributed by atoms with E-state index < -0.39 is 0 Å². The van der Waals surface area contributed by atoms with Crippen molar-refractivity contribution in [1.29, 1.82) is 0 Å². The number of nitrogens with one attached hydrogen (secondary N) is 2. The number of unbranched alkanes of at least 4 members (excludes halogenated alkanes) is 1. The van der Waals surface area contributed by atoms with Gasteiger partial charge in [0.1, 0.15) is 5.75 Å². The third kappa shape index (κ3) is 5.17. The summed E-state index contributed by atoms with van der Waals surface area (Å²) in [5.41, 5.74) is 0.836. The van der Waals surface area contributed by atoms with Crippen molar-refractivity contribution in [3.05, 3.63) is 29.8 Å². The van der Waals surface area contributed by atoms with E-state index >= 15 is 0 Å². The van der Waals surface area contributed by atoms with Crippen LogP contribution in [0.4, 0.5) is 0 Å². The molecule has 96 valence electrons. The van der Waals surface area contributed by atoms with Gasteiger partial charge in [0.15, 0.2) is 0 Å². The molecule has 17 heavy (non-hydrogen) atoms. The molecule has 1 aromatic carbocycles. The summed E-state index contributed by atoms with van der Waals surface area (Å²) >= 11 is 0. The van der Waals surface area contributed by atoms with Crippen molar-refractivity contribution in [3.63, 3.8) is 0 Å². The van der Waals surface area contributed by atoms with E-state index in [1.807, 2.05) is 12.1 Å². The van der Waals surface area contributed by atoms with Crippen LogP contribution in [0.3, 0.4) is 0 Å². The summed E-state index contributed by atoms with van der Waals surface area (Å²) in [5.74, 6) is 0.283. The predicted molar refractivity (Wildman–Crippen MR) is 68.7 cm³/mol. The number of aliphatic hydroxyl groups excluding tert-OH is 1. The molecule has 0 unspecified atom stereocenters. The van der Waals surface area contributed by atoms with Crippen LogP contribution in [0.15, 0.2) is 24.3 Å². The van der Waals surface area contributed by atoms with Gasteiger partial charge < -0.3 is 10.2 Å². The molecule has 0 heterocycles. The number of aliphatic hydroxyl groups is 1. The highest BCUT2D eigenvalue weighted by atomic mass is 16.3. The minimum atomic E-state index is -0.124. The fourth-order valence-corrected chi connectivity index (χ4v) is 1.55. The van der Waals surface area contributed by atoms with E-state index in [1.54, 1.807) is 12.1 Å². The molecule has 4 N–H and O–H groups in total. The first-order valence-corrected chi connectivity index (χ1v) is 6.12. The normalized spacial score (nSPS) is 12.6. The number of benzene rings is 1. The standard InChI is InChI=1S/C13H22N2O2/c1-2-3-8-14-13(10-16)15-9-11-6-4-5-7-12(11)17/h4-7,13-17H,2-3,8-10H2,1H3/t13-/m1/s1. The Morgan fingerprint density at radius 2 is 2.00 bits per heavy atom. The first-order chi connectivity index (χ1) is 8.27. The van der Waals surface area contributed by atoms with Gasteiger partial charge in [-0.05, 0) is 19.0 Å². The van der Waals surface area contributed by atoms with E-state index in [1.165, 1.54) is 0 Å². The molecule has 0 fully saturated rings. The highest BCUT2D eigenvalue weighted by molar-refractivity contribution is 5.31. The van der Waals surface area contributed by atoms with E-state index in [2.05, 4.69) is 17.6 Å². The maximum Gasteiger partial charge on any atom is 0.120 e. The average molecular weight is 238 g/mol. The summed E-state index contributed by atoms with van der Waals surface area (Å²) in [4.78, 5) is 0. The second-order valence-corrected chi connectivity index (χ2v) is 4.05. The number of para-hydroxylation sites is 1. The molecule has 1 rings (SSSR count). The van der Waals surface area contributed by atoms with Gasteiger partial charge in [0.25, 0.3) is 0 Å². The van der Waals surface area contributed by atoms with Gasteiger partial charge in [0.2, 0.25) is 0 Å². The Kier molecular flexibility index (Phi) is 6.62. The monoisotopic (exact) mass is 238 g/mol. The summed E-state index contributed by atoms with van der Waals surface area (Å²) in [6, 6.07) is 7.20. The number of hydrogen-bond acceptors (Lipinski definition) is 4. The zero-order valence-electron chi connectivity index (χ0n) is 10.3. The highest BCUT2D eigenvalue weighted by Crippen LogP contribution is 2.14. The zero-order valence-corrected chi connectivity index (χ0v) is 10.3. The van der Waals surface area contributed by atoms with Crippen molar-refractivity contribution in [1.82, 2.24) is 10.6 Å². The quantitative estimate of drug-likeness (QED) is 0.406. The van der Waals surface area contributed by atoms with Crippen molar-refractivity contribution < 1.29 is 10.2 Å². The summed E-state index contributed by atoms with van der Waals surface area (Å²) in [6.07, 6.45) is 2.10. The third-order valence-corrected chi connectivity index (χ3v) is 2.63. The Labute approximate surface area is 103 Å². The van der Waals surface area contributed by atoms with Gasteiger partial charge in [-0.2, -0.15) is 0 Å². The maximum atomic E-state index is 9.59. The first-order valence-electron chi connectivity index (χ1n) is 6.12. The summed E-state index contributed by atoms with van der Waals surface area (Å²) < 4.78 is 0. The van der Waals surface area contributed by atoms with Crippen molar-refractivity contribution in [3.8, 4) is 5.75 Å². The molecule has 0 aromatic heterocycles. The lowest BCUT2D eigenvalue weighted by atomic mass is 10.2. The molecule has 0 amide bonds. The maximum absolute atomic E-state index is 9.59. The molecule has 0 bridgehead atoms. The van der Waals surface area contributed by atoms with Crippen LogP contribution < -0.4 is 10.6 Å². The van der Waals surface area contributed by atoms with E-state index in [-0.39, 0.29) is 18.5 Å². The first kappa shape index (κ1) is 14.0. The van der Waals surface area contributed by atoms with Crippen LogP contribution >= 0.6 is 0 Å². The van der Waals surface area contributed by atoms with Gasteiger partial charge in [0, 0.05) is 12.1 Å². The molecular formula is C13H22N2O2. The minimum Gasteiger partial charge on any atom is -0.508 e. The molecule has 0 saturated heterocycles. The topological polar surface area (TPSA) is 64.5 Å². The van der Waals surface area contributed by atoms with Gasteiger partial charge in [-0.1, -0.05) is 31.5 Å². The Bertz CT molecular complexity index is 318. The summed E-state index contributed by atoms with van der Waals surface area (Å²) in [5, 5.41) is 25.2. The Hall–Kier alpha value is -1.10. The third-order valence-electron chi connectivity index (χ3n) is 2.63. The Morgan fingerprint density at radius 1 is 1.24 bits per heavy atom. The van der Waals surface area contributed by atoms with E-state index in [9.17, 15) is 10.2 Å². The smallest absolute Gasteiger partial charge is 0.120 e. The van der Waals surface area contributed by atoms with E-state index in [0.717, 1.165) is 24.9 Å². The average Bonchev–Trinajstić information content (AvgIpc) is 2.35. The lowest BCUT2D eigenvalue weighted by Gasteiger charge is -2.18. The molecule has 0 spiro atoms. The highest BCUT2D eigenvalue weighted by Gasteiger charge is 2.06. The van der Waals surface area contributed by atoms with Crippen LogP contribution in [0.5, 0.6) is 5.75 Å². The molecule has 1 aromatic rings. The minimum absolute atomic E-state index is 0.0390. The van der Waals surface area contributed by atoms with Crippen molar-refractivity contribution in [2.24, 2.45) is 0 Å². The second-order valence-electron chi connectivity index (χ2n) is 4.05. The molecule has 0 aliphatic carbocycles. The molecule has 0 aliphatic rings. The summed E-state index contributed by atoms with van der Waals surface area (Å²) in [7, 11) is 0. The number of hydrogen-bond donors (Lipinski definition) is 4. The van der Waals surface area contributed by atoms with E-state index in [0.29, 0.717) is 6.54 Å². The Balaban J connectivity index is 2.34. The second kappa shape index (κ2) is 8.06. The largest absolute Gasteiger partial charge is 0.508 e. The molecule has 0 saturated carbocycles. The lowest BCUT2D eigenvalue weighted by molar-refractivity contribution is 0.217. The van der Waals surface area contributed by atoms with Crippen molar-refractivity contribution >= 4 is 0 Å². The fraction of sp³-hybridized carbons (Fsp3) is 0.538. The number of phenolic OH excluding ortho intramolecular Hbond substituents is 1. The zero-order chi connectivity index (χ0) is 12.5. The van der Waals surface area contributed by atoms with Gasteiger partial charge in [0.05, 0.1) is 12.8 Å². The van der Waals surface area contributed by atoms with Gasteiger partial charge in [-0.25, -0.2) is 0 Å². The molecule has 1 atom stereocenters. The van der Waals surface area contributed by atoms with Crippen LogP contribution in [-0.2, 0) is 6.54 Å². The fourth-order valence-electron chi connectivity index (χ4n) is 1.55. The van der Waals surface area contributed by atoms with Gasteiger partial charge >= 0.3 is 0 Å². The SMILES string of the molecule is CCCCN[C@@H](CO)NCc1ccccc1O. The number of phenols is 1. The molecule has 4 heteroatoms. The van der Waals surface area contributed by atoms with E-state index in [4.69, 9.17) is 0 Å². The number of rotatable bonds is 8. The van der Waals surface area contributed by atoms with Crippen LogP contribution in [0, 0.1) is 0 Å². The van der Waals surface area contributed by atoms with Crippen molar-refractivity contribution in [2.45, 2.75) is 32.5 Å². The van der Waals surface area contributed by atoms with Gasteiger partial charge in [-0.15, -0.1) is 0 Å². The van der Waals surface area contributed by atoms with Crippen LogP contribution in [0.25, 0.3) is 0 Å². The van der Waals surface area contributed by atoms with Crippen LogP contribution in [0.2, 0.25) is 0 Å². The summed E-state index contributed by atoms with van der Waals surface area (Å²) in [6.45, 7) is 3.59. The molecule has 0 radical (unpaired) electrons. The molecule has 4 nitrogen and oxygen atoms in total. The van der Waals surface area contributed by atoms with Gasteiger partial charge in [-0.3, -0.25) is 10.6 Å². The lowest BCUT2D eigenvalue weighted by Crippen LogP contribution is -2.45. The Morgan fingerprint density at radius 3 is 2.65 bits per heavy atom. The predicted octanol–water partition coefficient (Wildman–Crippen LogP) is 1.19. The van der Waals surface area contributed by atoms with Crippen molar-refractivity contribution in [2.75, 3.05) is 13.2 Å². The molecular weight excluding hydrogens is 216 g/mol. The van der Waals surface area contributed by atoms with Crippen LogP contribution in [-0.4, -0.2) is 29.5 Å². The van der Waals surface area contributed by atoms with Crippen LogP contribution in [0.1, 0.15) is 25.3 Å². The number of aromatic hydroxyl groups is 1.